The number of likely N-dealkylation sites (tertiary alicyclic amines) is 1. The molecule has 2 aliphatic rings. The summed E-state index contributed by atoms with van der Waals surface area (Å²) < 4.78 is 0. The largest absolute Gasteiger partial charge is 0.376 e. The summed E-state index contributed by atoms with van der Waals surface area (Å²) in [4.78, 5) is 14.8. The van der Waals surface area contributed by atoms with Crippen LogP contribution in [0.2, 0.25) is 0 Å². The van der Waals surface area contributed by atoms with Crippen LogP contribution in [0.4, 0.5) is 0 Å². The van der Waals surface area contributed by atoms with E-state index in [1.165, 1.54) is 70.6 Å². The van der Waals surface area contributed by atoms with Gasteiger partial charge in [0, 0.05) is 25.3 Å². The van der Waals surface area contributed by atoms with E-state index in [0.29, 0.717) is 0 Å². The first kappa shape index (κ1) is 20.8. The Morgan fingerprint density at radius 2 is 1.27 bits per heavy atom. The Labute approximate surface area is 160 Å². The van der Waals surface area contributed by atoms with Crippen molar-refractivity contribution in [2.45, 2.75) is 102 Å². The molecule has 26 heavy (non-hydrogen) atoms. The standard InChI is InChI=1S/C22H37N3O/c23-18-20(19-25-16-12-8-9-13-17-25)22(26)24-21-14-10-6-4-2-1-3-5-7-11-15-21/h19,21H,1-17H2,(H,24,26)/b20-19-. The van der Waals surface area contributed by atoms with Gasteiger partial charge in [0.05, 0.1) is 0 Å². The quantitative estimate of drug-likeness (QED) is 0.566. The number of nitriles is 1. The van der Waals surface area contributed by atoms with Crippen molar-refractivity contribution in [1.29, 1.82) is 5.26 Å². The minimum Gasteiger partial charge on any atom is -0.376 e. The van der Waals surface area contributed by atoms with E-state index in [1.807, 2.05) is 0 Å². The maximum absolute atomic E-state index is 12.6. The van der Waals surface area contributed by atoms with Crippen molar-refractivity contribution in [1.82, 2.24) is 10.2 Å². The molecule has 1 saturated carbocycles. The second-order valence-corrected chi connectivity index (χ2v) is 8.03. The summed E-state index contributed by atoms with van der Waals surface area (Å²) in [5, 5.41) is 12.6. The van der Waals surface area contributed by atoms with E-state index < -0.39 is 0 Å². The van der Waals surface area contributed by atoms with Crippen LogP contribution in [0.25, 0.3) is 0 Å². The average molecular weight is 360 g/mol. The van der Waals surface area contributed by atoms with Crippen LogP contribution < -0.4 is 5.32 Å². The van der Waals surface area contributed by atoms with Crippen molar-refractivity contribution in [3.63, 3.8) is 0 Å². The number of hydrogen-bond acceptors (Lipinski definition) is 3. The second kappa shape index (κ2) is 12.8. The molecule has 0 spiro atoms. The van der Waals surface area contributed by atoms with E-state index in [4.69, 9.17) is 0 Å². The highest BCUT2D eigenvalue weighted by molar-refractivity contribution is 5.97. The van der Waals surface area contributed by atoms with Gasteiger partial charge in [0.1, 0.15) is 11.6 Å². The van der Waals surface area contributed by atoms with Gasteiger partial charge in [0.25, 0.3) is 5.91 Å². The molecule has 0 atom stereocenters. The summed E-state index contributed by atoms with van der Waals surface area (Å²) in [5.74, 6) is -0.172. The van der Waals surface area contributed by atoms with Gasteiger partial charge >= 0.3 is 0 Å². The minimum atomic E-state index is -0.172. The molecular formula is C22H37N3O. The number of amides is 1. The molecule has 1 saturated heterocycles. The van der Waals surface area contributed by atoms with Gasteiger partial charge in [-0.1, -0.05) is 70.6 Å². The maximum atomic E-state index is 12.6. The highest BCUT2D eigenvalue weighted by Crippen LogP contribution is 2.17. The molecule has 1 heterocycles. The Morgan fingerprint density at radius 3 is 1.77 bits per heavy atom. The number of nitrogens with one attached hydrogen (secondary N) is 1. The molecule has 0 radical (unpaired) electrons. The predicted octanol–water partition coefficient (Wildman–Crippen LogP) is 5.06. The third-order valence-electron chi connectivity index (χ3n) is 5.76. The van der Waals surface area contributed by atoms with E-state index in [2.05, 4.69) is 16.3 Å². The molecule has 0 aromatic rings. The molecule has 1 amide bonds. The van der Waals surface area contributed by atoms with Gasteiger partial charge in [-0.25, -0.2) is 0 Å². The first-order valence-electron chi connectivity index (χ1n) is 11.0. The smallest absolute Gasteiger partial charge is 0.263 e. The number of carbonyl (C=O) groups is 1. The normalized spacial score (nSPS) is 22.4. The van der Waals surface area contributed by atoms with Crippen LogP contribution >= 0.6 is 0 Å². The lowest BCUT2D eigenvalue weighted by Gasteiger charge is -2.21. The van der Waals surface area contributed by atoms with E-state index in [1.54, 1.807) is 6.20 Å². The zero-order chi connectivity index (χ0) is 18.5. The summed E-state index contributed by atoms with van der Waals surface area (Å²) in [7, 11) is 0. The van der Waals surface area contributed by atoms with Crippen molar-refractivity contribution in [3.05, 3.63) is 11.8 Å². The van der Waals surface area contributed by atoms with Gasteiger partial charge in [-0.05, 0) is 25.7 Å². The zero-order valence-corrected chi connectivity index (χ0v) is 16.5. The first-order chi connectivity index (χ1) is 12.8. The van der Waals surface area contributed by atoms with Gasteiger partial charge in [-0.15, -0.1) is 0 Å². The van der Waals surface area contributed by atoms with Gasteiger partial charge in [0.2, 0.25) is 0 Å². The molecule has 1 N–H and O–H groups in total. The molecule has 146 valence electrons. The van der Waals surface area contributed by atoms with Crippen LogP contribution in [-0.2, 0) is 4.79 Å². The lowest BCUT2D eigenvalue weighted by Crippen LogP contribution is -2.36. The summed E-state index contributed by atoms with van der Waals surface area (Å²) in [6.07, 6.45) is 20.3. The molecule has 0 aromatic heterocycles. The van der Waals surface area contributed by atoms with Crippen molar-refractivity contribution in [2.24, 2.45) is 0 Å². The van der Waals surface area contributed by atoms with Crippen molar-refractivity contribution in [3.8, 4) is 6.07 Å². The zero-order valence-electron chi connectivity index (χ0n) is 16.5. The van der Waals surface area contributed by atoms with Crippen LogP contribution in [0.3, 0.4) is 0 Å². The Bertz CT molecular complexity index is 460. The fraction of sp³-hybridized carbons (Fsp3) is 0.818. The molecule has 4 nitrogen and oxygen atoms in total. The SMILES string of the molecule is N#C/C(=C/N1CCCCCC1)C(=O)NC1CCCCCCCCCCC1. The van der Waals surface area contributed by atoms with Crippen LogP contribution in [0.1, 0.15) is 96.3 Å². The van der Waals surface area contributed by atoms with E-state index in [9.17, 15) is 10.1 Å². The predicted molar refractivity (Wildman–Crippen MR) is 106 cm³/mol. The molecule has 0 unspecified atom stereocenters. The fourth-order valence-corrected chi connectivity index (χ4v) is 4.12. The molecule has 1 aliphatic heterocycles. The minimum absolute atomic E-state index is 0.172. The molecule has 0 aromatic carbocycles. The Balaban J connectivity index is 1.88. The van der Waals surface area contributed by atoms with Crippen LogP contribution in [0.15, 0.2) is 11.8 Å². The van der Waals surface area contributed by atoms with E-state index in [-0.39, 0.29) is 17.5 Å². The van der Waals surface area contributed by atoms with Crippen molar-refractivity contribution in [2.75, 3.05) is 13.1 Å². The van der Waals surface area contributed by atoms with Gasteiger partial charge in [-0.2, -0.15) is 5.26 Å². The van der Waals surface area contributed by atoms with Gasteiger partial charge in [-0.3, -0.25) is 4.79 Å². The monoisotopic (exact) mass is 359 g/mol. The lowest BCUT2D eigenvalue weighted by molar-refractivity contribution is -0.118. The third kappa shape index (κ3) is 8.25. The van der Waals surface area contributed by atoms with Crippen LogP contribution in [-0.4, -0.2) is 29.9 Å². The molecule has 2 rings (SSSR count). The summed E-state index contributed by atoms with van der Waals surface area (Å²) in [6.45, 7) is 1.92. The first-order valence-corrected chi connectivity index (χ1v) is 11.0. The third-order valence-corrected chi connectivity index (χ3v) is 5.76. The van der Waals surface area contributed by atoms with Crippen molar-refractivity contribution >= 4 is 5.91 Å². The summed E-state index contributed by atoms with van der Waals surface area (Å²) >= 11 is 0. The maximum Gasteiger partial charge on any atom is 0.263 e. The highest BCUT2D eigenvalue weighted by atomic mass is 16.1. The Morgan fingerprint density at radius 1 is 0.808 bits per heavy atom. The van der Waals surface area contributed by atoms with Crippen LogP contribution in [0.5, 0.6) is 0 Å². The molecule has 1 aliphatic carbocycles. The number of nitrogens with zero attached hydrogens (tertiary/aromatic N) is 2. The number of carbonyl (C=O) groups excluding carboxylic acids is 1. The van der Waals surface area contributed by atoms with Gasteiger partial charge in [0.15, 0.2) is 0 Å². The second-order valence-electron chi connectivity index (χ2n) is 8.03. The molecular weight excluding hydrogens is 322 g/mol. The fourth-order valence-electron chi connectivity index (χ4n) is 4.12. The lowest BCUT2D eigenvalue weighted by atomic mass is 9.97. The van der Waals surface area contributed by atoms with Gasteiger partial charge < -0.3 is 10.2 Å². The summed E-state index contributed by atoms with van der Waals surface area (Å²) in [6, 6.07) is 2.36. The average Bonchev–Trinajstić information content (AvgIpc) is 2.90. The number of rotatable bonds is 3. The van der Waals surface area contributed by atoms with Crippen molar-refractivity contribution < 1.29 is 4.79 Å². The van der Waals surface area contributed by atoms with Crippen LogP contribution in [0, 0.1) is 11.3 Å². The van der Waals surface area contributed by atoms with E-state index >= 15 is 0 Å². The molecule has 0 bridgehead atoms. The topological polar surface area (TPSA) is 56.1 Å². The summed E-state index contributed by atoms with van der Waals surface area (Å²) in [5.41, 5.74) is 0.276. The molecule has 2 fully saturated rings. The highest BCUT2D eigenvalue weighted by Gasteiger charge is 2.17. The van der Waals surface area contributed by atoms with E-state index in [0.717, 1.165) is 38.8 Å². The Hall–Kier alpha value is -1.50. The molecule has 4 heteroatoms. The number of hydrogen-bond donors (Lipinski definition) is 1. The Kier molecular flexibility index (Phi) is 10.2.